The third-order valence-electron chi connectivity index (χ3n) is 1.41. The molecule has 2 rings (SSSR count). The summed E-state index contributed by atoms with van der Waals surface area (Å²) in [5.41, 5.74) is 0. The van der Waals surface area contributed by atoms with Gasteiger partial charge in [0.05, 0.1) is 26.4 Å². The molecule has 0 radical (unpaired) electrons. The van der Waals surface area contributed by atoms with Crippen molar-refractivity contribution in [3.8, 4) is 0 Å². The highest BCUT2D eigenvalue weighted by Gasteiger charge is 2.26. The van der Waals surface area contributed by atoms with E-state index in [4.69, 9.17) is 29.5 Å². The highest BCUT2D eigenvalue weighted by atomic mass is 16.9. The van der Waals surface area contributed by atoms with E-state index in [1.807, 2.05) is 0 Å². The van der Waals surface area contributed by atoms with Crippen molar-refractivity contribution < 1.29 is 24.5 Å². The molecule has 0 saturated carbocycles. The zero-order valence-corrected chi connectivity index (χ0v) is 6.92. The van der Waals surface area contributed by atoms with Gasteiger partial charge in [0.25, 0.3) is 5.09 Å². The molecule has 2 fully saturated rings. The maximum Gasteiger partial charge on any atom is 0.291 e. The molecule has 0 spiro atoms. The zero-order chi connectivity index (χ0) is 9.68. The molecule has 2 unspecified atom stereocenters. The van der Waals surface area contributed by atoms with Gasteiger partial charge in [-0.1, -0.05) is 0 Å². The molecule has 2 aliphatic rings. The number of hydrogen-bond acceptors (Lipinski definition) is 5. The van der Waals surface area contributed by atoms with Gasteiger partial charge >= 0.3 is 0 Å². The van der Waals surface area contributed by atoms with Crippen LogP contribution in [0.5, 0.6) is 0 Å². The Morgan fingerprint density at radius 1 is 1.38 bits per heavy atom. The summed E-state index contributed by atoms with van der Waals surface area (Å²) in [5.74, 6) is 0. The normalized spacial score (nSPS) is 28.6. The summed E-state index contributed by atoms with van der Waals surface area (Å²) >= 11 is 0. The predicted octanol–water partition coefficient (Wildman–Crippen LogP) is -0.547. The molecule has 0 aromatic carbocycles. The topological polar surface area (TPSA) is 97.7 Å². The van der Waals surface area contributed by atoms with Gasteiger partial charge in [0.15, 0.2) is 0 Å². The van der Waals surface area contributed by atoms with Crippen molar-refractivity contribution in [2.24, 2.45) is 0 Å². The summed E-state index contributed by atoms with van der Waals surface area (Å²) in [7, 11) is 0. The minimum absolute atomic E-state index is 0.392. The van der Waals surface area contributed by atoms with E-state index in [1.165, 1.54) is 0 Å². The maximum atomic E-state index is 8.36. The summed E-state index contributed by atoms with van der Waals surface area (Å²) in [6.07, 6.45) is 0.785. The summed E-state index contributed by atoms with van der Waals surface area (Å²) in [5, 5.41) is 13.6. The van der Waals surface area contributed by atoms with Crippen molar-refractivity contribution >= 4 is 0 Å². The van der Waals surface area contributed by atoms with Crippen LogP contribution in [-0.2, 0) is 14.2 Å². The van der Waals surface area contributed by atoms with Crippen LogP contribution >= 0.6 is 0 Å². The Kier molecular flexibility index (Phi) is 3.87. The van der Waals surface area contributed by atoms with Crippen molar-refractivity contribution in [1.82, 2.24) is 0 Å². The van der Waals surface area contributed by atoms with Crippen molar-refractivity contribution in [2.45, 2.75) is 12.2 Å². The first-order valence-corrected chi connectivity index (χ1v) is 3.82. The molecule has 7 heteroatoms. The fourth-order valence-corrected chi connectivity index (χ4v) is 0.659. The number of hydrogen-bond donors (Lipinski definition) is 1. The third-order valence-corrected chi connectivity index (χ3v) is 1.41. The van der Waals surface area contributed by atoms with E-state index in [9.17, 15) is 0 Å². The molecular weight excluding hydrogens is 182 g/mol. The Labute approximate surface area is 74.3 Å². The summed E-state index contributed by atoms with van der Waals surface area (Å²) < 4.78 is 15.1. The quantitative estimate of drug-likeness (QED) is 0.365. The average Bonchev–Trinajstić information content (AvgIpc) is 2.78. The van der Waals surface area contributed by atoms with Crippen LogP contribution in [0.3, 0.4) is 0 Å². The highest BCUT2D eigenvalue weighted by molar-refractivity contribution is 4.71. The van der Waals surface area contributed by atoms with Gasteiger partial charge < -0.3 is 19.4 Å². The molecule has 0 aromatic rings. The van der Waals surface area contributed by atoms with Gasteiger partial charge in [0.2, 0.25) is 0 Å². The largest absolute Gasteiger partial charge is 0.376 e. The Hall–Kier alpha value is -0.920. The summed E-state index contributed by atoms with van der Waals surface area (Å²) in [4.78, 5) is 8.36. The van der Waals surface area contributed by atoms with Gasteiger partial charge in [-0.05, 0) is 0 Å². The first-order valence-electron chi connectivity index (χ1n) is 3.82. The van der Waals surface area contributed by atoms with Gasteiger partial charge in [-0.25, -0.2) is 0 Å². The fourth-order valence-electron chi connectivity index (χ4n) is 0.659. The number of nitrogens with zero attached hydrogens (tertiary/aromatic N) is 1. The first kappa shape index (κ1) is 10.2. The van der Waals surface area contributed by atoms with Crippen LogP contribution < -0.4 is 0 Å². The Morgan fingerprint density at radius 3 is 1.92 bits per heavy atom. The first-order chi connectivity index (χ1) is 6.18. The minimum atomic E-state index is -1.50. The lowest BCUT2D eigenvalue weighted by Crippen LogP contribution is -2.06. The predicted molar refractivity (Wildman–Crippen MR) is 39.1 cm³/mol. The van der Waals surface area contributed by atoms with Crippen LogP contribution in [0.25, 0.3) is 0 Å². The SMILES string of the molecule is C(OCC1CO1)C1CO1.O=[N+]([O-])O. The monoisotopic (exact) mass is 193 g/mol. The summed E-state index contributed by atoms with van der Waals surface area (Å²) in [6.45, 7) is 3.26. The van der Waals surface area contributed by atoms with Gasteiger partial charge in [0, 0.05) is 0 Å². The van der Waals surface area contributed by atoms with Crippen LogP contribution in [0, 0.1) is 10.1 Å². The lowest BCUT2D eigenvalue weighted by molar-refractivity contribution is -0.742. The van der Waals surface area contributed by atoms with E-state index in [0.717, 1.165) is 26.4 Å². The maximum absolute atomic E-state index is 8.36. The fraction of sp³-hybridized carbons (Fsp3) is 1.00. The molecular formula is C6H11NO6. The second-order valence-corrected chi connectivity index (χ2v) is 2.69. The van der Waals surface area contributed by atoms with Crippen LogP contribution in [0.2, 0.25) is 0 Å². The molecule has 0 aliphatic carbocycles. The van der Waals surface area contributed by atoms with Gasteiger partial charge in [0.1, 0.15) is 12.2 Å². The van der Waals surface area contributed by atoms with Crippen LogP contribution in [0.1, 0.15) is 0 Å². The molecule has 2 atom stereocenters. The molecule has 0 amide bonds. The second kappa shape index (κ2) is 4.95. The van der Waals surface area contributed by atoms with Crippen LogP contribution in [-0.4, -0.2) is 48.9 Å². The van der Waals surface area contributed by atoms with Crippen molar-refractivity contribution in [3.05, 3.63) is 10.1 Å². The number of rotatable bonds is 4. The van der Waals surface area contributed by atoms with Gasteiger partial charge in [-0.3, -0.25) is 0 Å². The smallest absolute Gasteiger partial charge is 0.291 e. The Bertz CT molecular complexity index is 151. The van der Waals surface area contributed by atoms with Crippen molar-refractivity contribution in [1.29, 1.82) is 0 Å². The van der Waals surface area contributed by atoms with Gasteiger partial charge in [-0.15, -0.1) is 10.1 Å². The van der Waals surface area contributed by atoms with Crippen molar-refractivity contribution in [2.75, 3.05) is 26.4 Å². The van der Waals surface area contributed by atoms with E-state index in [0.29, 0.717) is 12.2 Å². The minimum Gasteiger partial charge on any atom is -0.376 e. The lowest BCUT2D eigenvalue weighted by Gasteiger charge is -1.95. The molecule has 2 aliphatic heterocycles. The summed E-state index contributed by atoms with van der Waals surface area (Å²) in [6, 6.07) is 0. The molecule has 13 heavy (non-hydrogen) atoms. The standard InChI is InChI=1S/C6H10O3.HNO3/c1(5-3-8-5)7-2-6-4-9-6;2-1(3)4/h5-6H,1-4H2;(H,2,3,4). The number of ether oxygens (including phenoxy) is 3. The lowest BCUT2D eigenvalue weighted by atomic mass is 10.5. The Morgan fingerprint density at radius 2 is 1.69 bits per heavy atom. The molecule has 0 bridgehead atoms. The highest BCUT2D eigenvalue weighted by Crippen LogP contribution is 2.12. The van der Waals surface area contributed by atoms with Crippen molar-refractivity contribution in [3.63, 3.8) is 0 Å². The molecule has 2 heterocycles. The Balaban J connectivity index is 0.000000184. The molecule has 1 N–H and O–H groups in total. The molecule has 0 aromatic heterocycles. The second-order valence-electron chi connectivity index (χ2n) is 2.69. The third kappa shape index (κ3) is 7.44. The molecule has 7 nitrogen and oxygen atoms in total. The van der Waals surface area contributed by atoms with Crippen LogP contribution in [0.15, 0.2) is 0 Å². The van der Waals surface area contributed by atoms with Gasteiger partial charge in [-0.2, -0.15) is 0 Å². The van der Waals surface area contributed by atoms with E-state index in [1.54, 1.807) is 0 Å². The number of epoxide rings is 2. The molecule has 76 valence electrons. The van der Waals surface area contributed by atoms with E-state index in [-0.39, 0.29) is 0 Å². The van der Waals surface area contributed by atoms with E-state index in [2.05, 4.69) is 0 Å². The van der Waals surface area contributed by atoms with Crippen LogP contribution in [0.4, 0.5) is 0 Å². The zero-order valence-electron chi connectivity index (χ0n) is 6.92. The van der Waals surface area contributed by atoms with E-state index >= 15 is 0 Å². The van der Waals surface area contributed by atoms with E-state index < -0.39 is 5.09 Å². The molecule has 2 saturated heterocycles. The average molecular weight is 193 g/mol.